The third-order valence-electron chi connectivity index (χ3n) is 4.49. The largest absolute Gasteiger partial charge is 0.416 e. The van der Waals surface area contributed by atoms with Crippen molar-refractivity contribution in [1.82, 2.24) is 0 Å². The van der Waals surface area contributed by atoms with Gasteiger partial charge >= 0.3 is 6.18 Å². The number of hydrogen-bond acceptors (Lipinski definition) is 4. The summed E-state index contributed by atoms with van der Waals surface area (Å²) in [6.45, 7) is 0. The van der Waals surface area contributed by atoms with Crippen molar-refractivity contribution in [3.8, 4) is 0 Å². The van der Waals surface area contributed by atoms with Gasteiger partial charge in [-0.1, -0.05) is 36.4 Å². The fourth-order valence-electron chi connectivity index (χ4n) is 3.05. The second-order valence-corrected chi connectivity index (χ2v) is 8.38. The standard InChI is InChI=1S/C22H14F3NO2S2/c23-22(24,25)15-8-10-16(11-9-15)26-20(27)18(17-7-4-12-29-17)19(21(26)28)30-13-14-5-2-1-3-6-14/h1-12H,13H2. The molecule has 0 saturated carbocycles. The van der Waals surface area contributed by atoms with Crippen LogP contribution in [0.3, 0.4) is 0 Å². The molecule has 0 unspecified atom stereocenters. The molecule has 1 aliphatic heterocycles. The zero-order valence-electron chi connectivity index (χ0n) is 15.3. The molecule has 3 nitrogen and oxygen atoms in total. The van der Waals surface area contributed by atoms with Gasteiger partial charge < -0.3 is 0 Å². The zero-order valence-corrected chi connectivity index (χ0v) is 17.0. The first-order chi connectivity index (χ1) is 14.4. The van der Waals surface area contributed by atoms with Crippen molar-refractivity contribution in [2.24, 2.45) is 0 Å². The highest BCUT2D eigenvalue weighted by atomic mass is 32.2. The number of benzene rings is 2. The van der Waals surface area contributed by atoms with E-state index in [1.54, 1.807) is 17.5 Å². The third-order valence-corrected chi connectivity index (χ3v) is 6.52. The van der Waals surface area contributed by atoms with Crippen molar-refractivity contribution in [2.75, 3.05) is 4.90 Å². The number of carbonyl (C=O) groups excluding carboxylic acids is 2. The van der Waals surface area contributed by atoms with Crippen molar-refractivity contribution in [1.29, 1.82) is 0 Å². The van der Waals surface area contributed by atoms with Crippen LogP contribution in [0.5, 0.6) is 0 Å². The first-order valence-corrected chi connectivity index (χ1v) is 10.7. The predicted molar refractivity (Wildman–Crippen MR) is 113 cm³/mol. The van der Waals surface area contributed by atoms with Crippen LogP contribution in [0.25, 0.3) is 5.57 Å². The number of imide groups is 1. The van der Waals surface area contributed by atoms with E-state index >= 15 is 0 Å². The van der Waals surface area contributed by atoms with Gasteiger partial charge in [0.15, 0.2) is 0 Å². The summed E-state index contributed by atoms with van der Waals surface area (Å²) in [6.07, 6.45) is -4.49. The molecule has 0 aliphatic carbocycles. The van der Waals surface area contributed by atoms with Crippen LogP contribution in [0.1, 0.15) is 16.0 Å². The maximum atomic E-state index is 13.1. The Balaban J connectivity index is 1.68. The number of thioether (sulfide) groups is 1. The average molecular weight is 445 g/mol. The van der Waals surface area contributed by atoms with E-state index in [9.17, 15) is 22.8 Å². The second kappa shape index (κ2) is 8.12. The van der Waals surface area contributed by atoms with Crippen molar-refractivity contribution in [3.63, 3.8) is 0 Å². The van der Waals surface area contributed by atoms with Crippen LogP contribution < -0.4 is 4.90 Å². The Kier molecular flexibility index (Phi) is 5.53. The molecule has 0 radical (unpaired) electrons. The number of anilines is 1. The lowest BCUT2D eigenvalue weighted by Crippen LogP contribution is -2.31. The van der Waals surface area contributed by atoms with Crippen LogP contribution in [0.4, 0.5) is 18.9 Å². The fourth-order valence-corrected chi connectivity index (χ4v) is 4.94. The molecule has 0 bridgehead atoms. The number of amides is 2. The number of hydrogen-bond donors (Lipinski definition) is 0. The molecule has 152 valence electrons. The molecule has 0 N–H and O–H groups in total. The van der Waals surface area contributed by atoms with Gasteiger partial charge in [0.25, 0.3) is 11.8 Å². The Hall–Kier alpha value is -2.84. The summed E-state index contributed by atoms with van der Waals surface area (Å²) in [5.41, 5.74) is 0.558. The molecule has 4 rings (SSSR count). The minimum atomic E-state index is -4.49. The first-order valence-electron chi connectivity index (χ1n) is 8.87. The van der Waals surface area contributed by atoms with Crippen LogP contribution in [-0.4, -0.2) is 11.8 Å². The Morgan fingerprint density at radius 2 is 1.57 bits per heavy atom. The number of rotatable bonds is 5. The zero-order chi connectivity index (χ0) is 21.3. The second-order valence-electron chi connectivity index (χ2n) is 6.45. The van der Waals surface area contributed by atoms with E-state index in [2.05, 4.69) is 0 Å². The lowest BCUT2D eigenvalue weighted by atomic mass is 10.2. The number of nitrogens with zero attached hydrogens (tertiary/aromatic N) is 1. The summed E-state index contributed by atoms with van der Waals surface area (Å²) < 4.78 is 38.6. The quantitative estimate of drug-likeness (QED) is 0.453. The van der Waals surface area contributed by atoms with Crippen LogP contribution in [0.15, 0.2) is 77.0 Å². The van der Waals surface area contributed by atoms with Gasteiger partial charge in [-0.3, -0.25) is 9.59 Å². The van der Waals surface area contributed by atoms with Gasteiger partial charge in [0, 0.05) is 10.6 Å². The maximum absolute atomic E-state index is 13.1. The van der Waals surface area contributed by atoms with Crippen LogP contribution in [-0.2, 0) is 21.5 Å². The van der Waals surface area contributed by atoms with Crippen molar-refractivity contribution >= 4 is 46.2 Å². The molecule has 1 aromatic heterocycles. The van der Waals surface area contributed by atoms with E-state index in [-0.39, 0.29) is 11.3 Å². The van der Waals surface area contributed by atoms with Gasteiger partial charge in [-0.15, -0.1) is 23.1 Å². The third kappa shape index (κ3) is 3.93. The molecular weight excluding hydrogens is 431 g/mol. The normalized spacial score (nSPS) is 14.7. The predicted octanol–water partition coefficient (Wildman–Crippen LogP) is 5.98. The molecule has 1 aliphatic rings. The van der Waals surface area contributed by atoms with Gasteiger partial charge in [-0.05, 0) is 41.3 Å². The molecule has 2 amide bonds. The van der Waals surface area contributed by atoms with E-state index in [0.717, 1.165) is 34.7 Å². The van der Waals surface area contributed by atoms with E-state index in [4.69, 9.17) is 0 Å². The molecular formula is C22H14F3NO2S2. The summed E-state index contributed by atoms with van der Waals surface area (Å²) in [7, 11) is 0. The van der Waals surface area contributed by atoms with Crippen molar-refractivity contribution in [2.45, 2.75) is 11.9 Å². The average Bonchev–Trinajstić information content (AvgIpc) is 3.33. The number of carbonyl (C=O) groups is 2. The van der Waals surface area contributed by atoms with Gasteiger partial charge in [0.2, 0.25) is 0 Å². The summed E-state index contributed by atoms with van der Waals surface area (Å²) in [4.78, 5) is 28.2. The molecule has 0 spiro atoms. The summed E-state index contributed by atoms with van der Waals surface area (Å²) in [5, 5.41) is 1.81. The van der Waals surface area contributed by atoms with Gasteiger partial charge in [0.05, 0.1) is 21.7 Å². The van der Waals surface area contributed by atoms with Crippen molar-refractivity contribution < 1.29 is 22.8 Å². The molecule has 0 fully saturated rings. The summed E-state index contributed by atoms with van der Waals surface area (Å²) in [5.74, 6) is -0.563. The minimum absolute atomic E-state index is 0.113. The van der Waals surface area contributed by atoms with Crippen LogP contribution in [0.2, 0.25) is 0 Å². The molecule has 2 aromatic carbocycles. The van der Waals surface area contributed by atoms with E-state index in [1.807, 2.05) is 30.3 Å². The number of halogens is 3. The molecule has 3 aromatic rings. The fraction of sp³-hybridized carbons (Fsp3) is 0.0909. The Morgan fingerprint density at radius 1 is 0.867 bits per heavy atom. The SMILES string of the molecule is O=C1C(SCc2ccccc2)=C(c2cccs2)C(=O)N1c1ccc(C(F)(F)F)cc1. The molecule has 30 heavy (non-hydrogen) atoms. The first kappa shape index (κ1) is 20.4. The molecule has 0 atom stereocenters. The molecule has 2 heterocycles. The minimum Gasteiger partial charge on any atom is -0.268 e. The van der Waals surface area contributed by atoms with E-state index < -0.39 is 23.6 Å². The molecule has 0 saturated heterocycles. The van der Waals surface area contributed by atoms with E-state index in [0.29, 0.717) is 15.5 Å². The Morgan fingerprint density at radius 3 is 2.17 bits per heavy atom. The topological polar surface area (TPSA) is 37.4 Å². The van der Waals surface area contributed by atoms with E-state index in [1.165, 1.54) is 23.1 Å². The highest BCUT2D eigenvalue weighted by Crippen LogP contribution is 2.41. The smallest absolute Gasteiger partial charge is 0.268 e. The van der Waals surface area contributed by atoms with Gasteiger partial charge in [-0.2, -0.15) is 13.2 Å². The monoisotopic (exact) mass is 445 g/mol. The number of alkyl halides is 3. The lowest BCUT2D eigenvalue weighted by Gasteiger charge is -2.16. The van der Waals surface area contributed by atoms with Gasteiger partial charge in [0.1, 0.15) is 0 Å². The van der Waals surface area contributed by atoms with Crippen LogP contribution in [0, 0.1) is 0 Å². The maximum Gasteiger partial charge on any atom is 0.416 e. The number of thiophene rings is 1. The highest BCUT2D eigenvalue weighted by molar-refractivity contribution is 8.03. The Labute approximate surface area is 178 Å². The Bertz CT molecular complexity index is 1110. The van der Waals surface area contributed by atoms with Crippen LogP contribution >= 0.6 is 23.1 Å². The lowest BCUT2D eigenvalue weighted by molar-refractivity contribution is -0.137. The summed E-state index contributed by atoms with van der Waals surface area (Å²) >= 11 is 2.59. The molecule has 8 heteroatoms. The summed E-state index contributed by atoms with van der Waals surface area (Å²) in [6, 6.07) is 17.1. The highest BCUT2D eigenvalue weighted by Gasteiger charge is 2.41. The van der Waals surface area contributed by atoms with Gasteiger partial charge in [-0.25, -0.2) is 4.90 Å². The van der Waals surface area contributed by atoms with Crippen molar-refractivity contribution in [3.05, 3.63) is 93.0 Å².